The van der Waals surface area contributed by atoms with E-state index in [4.69, 9.17) is 10.5 Å². The summed E-state index contributed by atoms with van der Waals surface area (Å²) >= 11 is 0. The Morgan fingerprint density at radius 2 is 1.90 bits per heavy atom. The smallest absolute Gasteiger partial charge is 0.268 e. The first-order valence-electron chi connectivity index (χ1n) is 7.04. The number of ether oxygens (including phenoxy) is 1. The van der Waals surface area contributed by atoms with Crippen LogP contribution in [-0.2, 0) is 17.9 Å². The van der Waals surface area contributed by atoms with Crippen LogP contribution in [0.1, 0.15) is 18.1 Å². The number of amides is 1. The number of carbonyl (C=O) groups excluding carboxylic acids is 1. The van der Waals surface area contributed by atoms with Crippen LogP contribution in [0, 0.1) is 0 Å². The van der Waals surface area contributed by atoms with E-state index in [1.54, 1.807) is 11.8 Å². The third-order valence-electron chi connectivity index (χ3n) is 3.65. The summed E-state index contributed by atoms with van der Waals surface area (Å²) in [5.41, 5.74) is 8.57. The van der Waals surface area contributed by atoms with E-state index in [2.05, 4.69) is 0 Å². The van der Waals surface area contributed by atoms with Crippen LogP contribution in [0.3, 0.4) is 0 Å². The maximum absolute atomic E-state index is 12.5. The van der Waals surface area contributed by atoms with Gasteiger partial charge in [0, 0.05) is 6.54 Å². The summed E-state index contributed by atoms with van der Waals surface area (Å²) in [5, 5.41) is 0. The van der Waals surface area contributed by atoms with Crippen LogP contribution >= 0.6 is 0 Å². The van der Waals surface area contributed by atoms with E-state index in [0.717, 1.165) is 22.6 Å². The van der Waals surface area contributed by atoms with Crippen molar-refractivity contribution in [3.63, 3.8) is 0 Å². The molecule has 3 rings (SSSR count). The van der Waals surface area contributed by atoms with Crippen molar-refractivity contribution < 1.29 is 9.53 Å². The normalized spacial score (nSPS) is 17.3. The van der Waals surface area contributed by atoms with Crippen LogP contribution in [0.15, 0.2) is 48.5 Å². The molecule has 2 N–H and O–H groups in total. The highest BCUT2D eigenvalue weighted by molar-refractivity contribution is 5.99. The molecule has 0 saturated heterocycles. The molecule has 108 valence electrons. The zero-order chi connectivity index (χ0) is 14.8. The summed E-state index contributed by atoms with van der Waals surface area (Å²) in [6.45, 7) is 2.75. The van der Waals surface area contributed by atoms with Gasteiger partial charge >= 0.3 is 0 Å². The van der Waals surface area contributed by atoms with Gasteiger partial charge in [-0.15, -0.1) is 0 Å². The largest absolute Gasteiger partial charge is 0.479 e. The van der Waals surface area contributed by atoms with E-state index in [1.165, 1.54) is 0 Å². The molecule has 0 saturated carbocycles. The first-order valence-corrected chi connectivity index (χ1v) is 7.04. The van der Waals surface area contributed by atoms with Crippen LogP contribution in [0.2, 0.25) is 0 Å². The Kier molecular flexibility index (Phi) is 3.62. The summed E-state index contributed by atoms with van der Waals surface area (Å²) < 4.78 is 5.68. The molecule has 4 nitrogen and oxygen atoms in total. The Hall–Kier alpha value is -2.33. The van der Waals surface area contributed by atoms with Gasteiger partial charge in [0.1, 0.15) is 5.75 Å². The minimum Gasteiger partial charge on any atom is -0.479 e. The molecular formula is C17H18N2O2. The number of benzene rings is 2. The van der Waals surface area contributed by atoms with Crippen molar-refractivity contribution in [1.29, 1.82) is 0 Å². The third kappa shape index (κ3) is 2.62. The minimum atomic E-state index is -0.468. The molecule has 2 aromatic rings. The Bertz CT molecular complexity index is 655. The van der Waals surface area contributed by atoms with Gasteiger partial charge in [0.2, 0.25) is 0 Å². The number of hydrogen-bond donors (Lipinski definition) is 1. The fraction of sp³-hybridized carbons (Fsp3) is 0.235. The van der Waals surface area contributed by atoms with Crippen LogP contribution in [-0.4, -0.2) is 12.0 Å². The fourth-order valence-corrected chi connectivity index (χ4v) is 2.51. The van der Waals surface area contributed by atoms with Gasteiger partial charge in [-0.25, -0.2) is 0 Å². The molecule has 1 aliphatic rings. The molecule has 0 aliphatic carbocycles. The summed E-state index contributed by atoms with van der Waals surface area (Å²) in [4.78, 5) is 14.2. The van der Waals surface area contributed by atoms with Crippen molar-refractivity contribution in [3.05, 3.63) is 59.7 Å². The Balaban J connectivity index is 2.00. The van der Waals surface area contributed by atoms with E-state index < -0.39 is 6.10 Å². The number of hydrogen-bond acceptors (Lipinski definition) is 3. The fourth-order valence-electron chi connectivity index (χ4n) is 2.51. The van der Waals surface area contributed by atoms with Gasteiger partial charge < -0.3 is 15.4 Å². The molecule has 0 radical (unpaired) electrons. The summed E-state index contributed by atoms with van der Waals surface area (Å²) in [6.07, 6.45) is -0.468. The van der Waals surface area contributed by atoms with E-state index in [-0.39, 0.29) is 5.91 Å². The van der Waals surface area contributed by atoms with Gasteiger partial charge in [-0.3, -0.25) is 4.79 Å². The molecule has 4 heteroatoms. The van der Waals surface area contributed by atoms with Crippen molar-refractivity contribution in [2.24, 2.45) is 5.73 Å². The number of rotatable bonds is 3. The van der Waals surface area contributed by atoms with Gasteiger partial charge in [0.25, 0.3) is 5.91 Å². The van der Waals surface area contributed by atoms with Gasteiger partial charge in [-0.05, 0) is 30.2 Å². The lowest BCUT2D eigenvalue weighted by atomic mass is 10.1. The maximum Gasteiger partial charge on any atom is 0.268 e. The van der Waals surface area contributed by atoms with Crippen molar-refractivity contribution in [3.8, 4) is 5.75 Å². The topological polar surface area (TPSA) is 55.6 Å². The zero-order valence-corrected chi connectivity index (χ0v) is 12.0. The summed E-state index contributed by atoms with van der Waals surface area (Å²) in [6, 6.07) is 15.7. The predicted molar refractivity (Wildman–Crippen MR) is 82.1 cm³/mol. The quantitative estimate of drug-likeness (QED) is 0.941. The van der Waals surface area contributed by atoms with Crippen molar-refractivity contribution in [1.82, 2.24) is 0 Å². The second-order valence-corrected chi connectivity index (χ2v) is 5.18. The van der Waals surface area contributed by atoms with Crippen LogP contribution in [0.25, 0.3) is 0 Å². The lowest BCUT2D eigenvalue weighted by Gasteiger charge is -2.33. The zero-order valence-electron chi connectivity index (χ0n) is 12.0. The maximum atomic E-state index is 12.5. The second kappa shape index (κ2) is 5.58. The van der Waals surface area contributed by atoms with Crippen molar-refractivity contribution >= 4 is 11.6 Å². The van der Waals surface area contributed by atoms with Gasteiger partial charge in [0.05, 0.1) is 12.2 Å². The third-order valence-corrected chi connectivity index (χ3v) is 3.65. The summed E-state index contributed by atoms with van der Waals surface area (Å²) in [5.74, 6) is 0.704. The molecule has 1 aliphatic heterocycles. The lowest BCUT2D eigenvalue weighted by Crippen LogP contribution is -2.44. The molecular weight excluding hydrogens is 264 g/mol. The average molecular weight is 282 g/mol. The molecule has 0 spiro atoms. The average Bonchev–Trinajstić information content (AvgIpc) is 2.52. The number of fused-ring (bicyclic) bond motifs is 1. The van der Waals surface area contributed by atoms with E-state index in [9.17, 15) is 4.79 Å². The van der Waals surface area contributed by atoms with Gasteiger partial charge in [-0.1, -0.05) is 36.4 Å². The molecule has 2 aromatic carbocycles. The minimum absolute atomic E-state index is 0.0273. The molecule has 0 bridgehead atoms. The SMILES string of the molecule is CC1Oc2ccc(CN)cc2N(Cc2ccccc2)C1=O. The van der Waals surface area contributed by atoms with E-state index in [0.29, 0.717) is 13.1 Å². The van der Waals surface area contributed by atoms with Crippen molar-refractivity contribution in [2.75, 3.05) is 4.90 Å². The van der Waals surface area contributed by atoms with E-state index >= 15 is 0 Å². The molecule has 0 aromatic heterocycles. The summed E-state index contributed by atoms with van der Waals surface area (Å²) in [7, 11) is 0. The first-order chi connectivity index (χ1) is 10.2. The Morgan fingerprint density at radius 3 is 2.62 bits per heavy atom. The number of anilines is 1. The highest BCUT2D eigenvalue weighted by atomic mass is 16.5. The molecule has 21 heavy (non-hydrogen) atoms. The second-order valence-electron chi connectivity index (χ2n) is 5.18. The lowest BCUT2D eigenvalue weighted by molar-refractivity contribution is -0.125. The van der Waals surface area contributed by atoms with Crippen LogP contribution < -0.4 is 15.4 Å². The monoisotopic (exact) mass is 282 g/mol. The highest BCUT2D eigenvalue weighted by Gasteiger charge is 2.31. The number of nitrogens with two attached hydrogens (primary N) is 1. The van der Waals surface area contributed by atoms with Crippen molar-refractivity contribution in [2.45, 2.75) is 26.1 Å². The van der Waals surface area contributed by atoms with Gasteiger partial charge in [-0.2, -0.15) is 0 Å². The van der Waals surface area contributed by atoms with E-state index in [1.807, 2.05) is 48.5 Å². The number of carbonyl (C=O) groups is 1. The molecule has 1 amide bonds. The molecule has 1 unspecified atom stereocenters. The van der Waals surface area contributed by atoms with Crippen LogP contribution in [0.5, 0.6) is 5.75 Å². The molecule has 1 atom stereocenters. The highest BCUT2D eigenvalue weighted by Crippen LogP contribution is 2.35. The Morgan fingerprint density at radius 1 is 1.14 bits per heavy atom. The Labute approximate surface area is 124 Å². The van der Waals surface area contributed by atoms with Crippen LogP contribution in [0.4, 0.5) is 5.69 Å². The standard InChI is InChI=1S/C17H18N2O2/c1-12-17(20)19(11-13-5-3-2-4-6-13)15-9-14(10-18)7-8-16(15)21-12/h2-9,12H,10-11,18H2,1H3. The number of nitrogens with zero attached hydrogens (tertiary/aromatic N) is 1. The predicted octanol–water partition coefficient (Wildman–Crippen LogP) is 2.46. The first kappa shape index (κ1) is 13.6. The van der Waals surface area contributed by atoms with Gasteiger partial charge in [0.15, 0.2) is 6.10 Å². The molecule has 0 fully saturated rings. The molecule has 1 heterocycles.